The van der Waals surface area contributed by atoms with Gasteiger partial charge < -0.3 is 14.8 Å². The van der Waals surface area contributed by atoms with Gasteiger partial charge in [-0.05, 0) is 54.3 Å². The molecule has 3 aromatic carbocycles. The van der Waals surface area contributed by atoms with E-state index in [1.807, 2.05) is 48.5 Å². The minimum absolute atomic E-state index is 0.0112. The number of amides is 1. The lowest BCUT2D eigenvalue weighted by Crippen LogP contribution is -2.12. The molecule has 1 N–H and O–H groups in total. The molecule has 5 nitrogen and oxygen atoms in total. The first-order valence-electron chi connectivity index (χ1n) is 11.8. The van der Waals surface area contributed by atoms with E-state index in [4.69, 9.17) is 14.5 Å². The summed E-state index contributed by atoms with van der Waals surface area (Å²) < 4.78 is 12.2. The number of thiazole rings is 1. The minimum Gasteiger partial charge on any atom is -0.454 e. The van der Waals surface area contributed by atoms with E-state index in [0.717, 1.165) is 60.4 Å². The second-order valence-corrected chi connectivity index (χ2v) is 10.9. The molecule has 0 radical (unpaired) electrons. The average Bonchev–Trinajstić information content (AvgIpc) is 3.60. The van der Waals surface area contributed by atoms with E-state index in [2.05, 4.69) is 36.5 Å². The van der Waals surface area contributed by atoms with Crippen LogP contribution >= 0.6 is 22.7 Å². The van der Waals surface area contributed by atoms with Crippen LogP contribution in [0.3, 0.4) is 0 Å². The molecule has 36 heavy (non-hydrogen) atoms. The van der Waals surface area contributed by atoms with Crippen molar-refractivity contribution in [3.05, 3.63) is 94.4 Å². The molecule has 0 atom stereocenters. The molecule has 0 spiro atoms. The van der Waals surface area contributed by atoms with Crippen LogP contribution in [0, 0.1) is 6.92 Å². The van der Waals surface area contributed by atoms with Crippen molar-refractivity contribution in [1.29, 1.82) is 0 Å². The fourth-order valence-corrected chi connectivity index (χ4v) is 6.78. The predicted octanol–water partition coefficient (Wildman–Crippen LogP) is 7.22. The molecule has 180 valence electrons. The molecule has 0 aliphatic carbocycles. The van der Waals surface area contributed by atoms with Gasteiger partial charge in [0.15, 0.2) is 11.5 Å². The standard InChI is InChI=1S/C29H24N2O3S2/c1-18-25(16-20-11-13-22-23(15-20)34-17-33-22)36-29(31-26(32)14-12-19-7-3-2-4-8-19)27(18)28-30-21-9-5-6-10-24(21)35-28/h2-11,13,15H,12,14,16-17H2,1H3,(H,31,32). The molecular weight excluding hydrogens is 488 g/mol. The van der Waals surface area contributed by atoms with Crippen molar-refractivity contribution >= 4 is 43.8 Å². The van der Waals surface area contributed by atoms with Gasteiger partial charge in [-0.3, -0.25) is 4.79 Å². The van der Waals surface area contributed by atoms with Crippen molar-refractivity contribution in [2.45, 2.75) is 26.2 Å². The van der Waals surface area contributed by atoms with E-state index in [1.165, 1.54) is 4.88 Å². The number of aromatic nitrogens is 1. The second kappa shape index (κ2) is 9.76. The summed E-state index contributed by atoms with van der Waals surface area (Å²) in [6.45, 7) is 2.39. The van der Waals surface area contributed by atoms with Crippen LogP contribution in [0.2, 0.25) is 0 Å². The third-order valence-electron chi connectivity index (χ3n) is 6.29. The Morgan fingerprint density at radius 3 is 2.61 bits per heavy atom. The summed E-state index contributed by atoms with van der Waals surface area (Å²) in [6, 6.07) is 24.3. The molecule has 7 heteroatoms. The van der Waals surface area contributed by atoms with Crippen molar-refractivity contribution in [3.8, 4) is 22.1 Å². The molecule has 0 fully saturated rings. The minimum atomic E-state index is 0.0112. The summed E-state index contributed by atoms with van der Waals surface area (Å²) in [5.41, 5.74) is 5.44. The van der Waals surface area contributed by atoms with Gasteiger partial charge in [0.2, 0.25) is 12.7 Å². The maximum Gasteiger partial charge on any atom is 0.231 e. The number of thiophene rings is 1. The van der Waals surface area contributed by atoms with E-state index in [9.17, 15) is 4.79 Å². The molecule has 1 amide bonds. The number of hydrogen-bond donors (Lipinski definition) is 1. The zero-order valence-electron chi connectivity index (χ0n) is 19.7. The highest BCUT2D eigenvalue weighted by atomic mass is 32.1. The summed E-state index contributed by atoms with van der Waals surface area (Å²) in [5, 5.41) is 5.01. The van der Waals surface area contributed by atoms with Crippen molar-refractivity contribution < 1.29 is 14.3 Å². The highest BCUT2D eigenvalue weighted by Crippen LogP contribution is 2.44. The van der Waals surface area contributed by atoms with Crippen LogP contribution in [-0.2, 0) is 17.6 Å². The largest absolute Gasteiger partial charge is 0.454 e. The number of aryl methyl sites for hydroxylation is 1. The zero-order chi connectivity index (χ0) is 24.5. The maximum atomic E-state index is 13.0. The molecule has 1 aliphatic heterocycles. The quantitative estimate of drug-likeness (QED) is 0.250. The normalized spacial score (nSPS) is 12.2. The lowest BCUT2D eigenvalue weighted by atomic mass is 10.1. The number of benzene rings is 3. The Morgan fingerprint density at radius 2 is 1.75 bits per heavy atom. The van der Waals surface area contributed by atoms with Gasteiger partial charge in [0.25, 0.3) is 0 Å². The Morgan fingerprint density at radius 1 is 0.944 bits per heavy atom. The Labute approximate surface area is 217 Å². The fraction of sp³-hybridized carbons (Fsp3) is 0.172. The number of carbonyl (C=O) groups is 1. The number of carbonyl (C=O) groups excluding carboxylic acids is 1. The number of nitrogens with one attached hydrogen (secondary N) is 1. The predicted molar refractivity (Wildman–Crippen MR) is 146 cm³/mol. The van der Waals surface area contributed by atoms with Crippen molar-refractivity contribution in [2.75, 3.05) is 12.1 Å². The summed E-state index contributed by atoms with van der Waals surface area (Å²) in [6.07, 6.45) is 1.88. The maximum absolute atomic E-state index is 13.0. The van der Waals surface area contributed by atoms with Crippen LogP contribution < -0.4 is 14.8 Å². The molecule has 6 rings (SSSR count). The van der Waals surface area contributed by atoms with Gasteiger partial charge in [0.05, 0.1) is 10.2 Å². The highest BCUT2D eigenvalue weighted by molar-refractivity contribution is 7.22. The van der Waals surface area contributed by atoms with Gasteiger partial charge in [-0.1, -0.05) is 48.5 Å². The molecule has 0 saturated heterocycles. The van der Waals surface area contributed by atoms with Gasteiger partial charge in [0.1, 0.15) is 10.0 Å². The molecule has 2 aromatic heterocycles. The van der Waals surface area contributed by atoms with E-state index < -0.39 is 0 Å². The number of rotatable bonds is 7. The molecular formula is C29H24N2O3S2. The van der Waals surface area contributed by atoms with E-state index >= 15 is 0 Å². The van der Waals surface area contributed by atoms with Crippen LogP contribution in [0.1, 0.15) is 28.0 Å². The van der Waals surface area contributed by atoms with E-state index in [-0.39, 0.29) is 12.7 Å². The molecule has 0 bridgehead atoms. The molecule has 1 aliphatic rings. The molecule has 0 saturated carbocycles. The first-order chi connectivity index (χ1) is 17.6. The molecule has 3 heterocycles. The second-order valence-electron chi connectivity index (χ2n) is 8.74. The highest BCUT2D eigenvalue weighted by Gasteiger charge is 2.22. The van der Waals surface area contributed by atoms with Crippen LogP contribution in [0.25, 0.3) is 20.8 Å². The number of para-hydroxylation sites is 1. The lowest BCUT2D eigenvalue weighted by molar-refractivity contribution is -0.116. The van der Waals surface area contributed by atoms with Gasteiger partial charge in [-0.2, -0.15) is 0 Å². The van der Waals surface area contributed by atoms with Crippen LogP contribution in [-0.4, -0.2) is 17.7 Å². The zero-order valence-corrected chi connectivity index (χ0v) is 21.4. The number of anilines is 1. The number of ether oxygens (including phenoxy) is 2. The Kier molecular flexibility index (Phi) is 6.17. The summed E-state index contributed by atoms with van der Waals surface area (Å²) >= 11 is 3.29. The van der Waals surface area contributed by atoms with Gasteiger partial charge >= 0.3 is 0 Å². The number of fused-ring (bicyclic) bond motifs is 2. The third kappa shape index (κ3) is 4.59. The van der Waals surface area contributed by atoms with Crippen LogP contribution in [0.4, 0.5) is 5.00 Å². The van der Waals surface area contributed by atoms with Crippen molar-refractivity contribution in [2.24, 2.45) is 0 Å². The summed E-state index contributed by atoms with van der Waals surface area (Å²) in [4.78, 5) is 19.1. The molecule has 5 aromatic rings. The topological polar surface area (TPSA) is 60.5 Å². The lowest BCUT2D eigenvalue weighted by Gasteiger charge is -2.06. The number of nitrogens with zero attached hydrogens (tertiary/aromatic N) is 1. The van der Waals surface area contributed by atoms with E-state index in [0.29, 0.717) is 12.8 Å². The summed E-state index contributed by atoms with van der Waals surface area (Å²) in [7, 11) is 0. The first kappa shape index (κ1) is 22.8. The first-order valence-corrected chi connectivity index (χ1v) is 13.5. The van der Waals surface area contributed by atoms with Crippen molar-refractivity contribution in [1.82, 2.24) is 4.98 Å². The van der Waals surface area contributed by atoms with E-state index in [1.54, 1.807) is 22.7 Å². The van der Waals surface area contributed by atoms with Gasteiger partial charge in [-0.15, -0.1) is 22.7 Å². The average molecular weight is 513 g/mol. The van der Waals surface area contributed by atoms with Crippen LogP contribution in [0.5, 0.6) is 11.5 Å². The Balaban J connectivity index is 1.32. The summed E-state index contributed by atoms with van der Waals surface area (Å²) in [5.74, 6) is 1.57. The fourth-order valence-electron chi connectivity index (χ4n) is 4.38. The molecule has 0 unspecified atom stereocenters. The van der Waals surface area contributed by atoms with Gasteiger partial charge in [-0.25, -0.2) is 4.98 Å². The number of hydrogen-bond acceptors (Lipinski definition) is 6. The van der Waals surface area contributed by atoms with Crippen LogP contribution in [0.15, 0.2) is 72.8 Å². The van der Waals surface area contributed by atoms with Crippen molar-refractivity contribution in [3.63, 3.8) is 0 Å². The third-order valence-corrected chi connectivity index (χ3v) is 8.55. The Hall–Kier alpha value is -3.68. The monoisotopic (exact) mass is 512 g/mol. The SMILES string of the molecule is Cc1c(Cc2ccc3c(c2)OCO3)sc(NC(=O)CCc2ccccc2)c1-c1nc2ccccc2s1. The smallest absolute Gasteiger partial charge is 0.231 e. The van der Waals surface area contributed by atoms with Gasteiger partial charge in [0, 0.05) is 23.3 Å². The Bertz CT molecular complexity index is 1520.